The molecule has 2 atom stereocenters. The van der Waals surface area contributed by atoms with Gasteiger partial charge in [0.05, 0.1) is 11.9 Å². The summed E-state index contributed by atoms with van der Waals surface area (Å²) in [6.07, 6.45) is 2.71. The van der Waals surface area contributed by atoms with Crippen LogP contribution in [0, 0.1) is 13.8 Å². The van der Waals surface area contributed by atoms with Crippen LogP contribution < -0.4 is 9.62 Å². The molecule has 226 valence electrons. The monoisotopic (exact) mass is 655 g/mol. The Morgan fingerprint density at radius 1 is 0.929 bits per heavy atom. The first-order chi connectivity index (χ1) is 19.9. The highest BCUT2D eigenvalue weighted by molar-refractivity contribution is 9.10. The molecule has 0 saturated carbocycles. The van der Waals surface area contributed by atoms with Crippen molar-refractivity contribution in [3.05, 3.63) is 99.5 Å². The maximum atomic E-state index is 14.0. The summed E-state index contributed by atoms with van der Waals surface area (Å²) in [5.74, 6) is -0.404. The summed E-state index contributed by atoms with van der Waals surface area (Å²) in [5.41, 5.74) is 4.37. The van der Waals surface area contributed by atoms with Gasteiger partial charge in [0.25, 0.3) is 0 Å². The molecule has 0 radical (unpaired) electrons. The van der Waals surface area contributed by atoms with Crippen molar-refractivity contribution >= 4 is 43.5 Å². The third-order valence-electron chi connectivity index (χ3n) is 7.18. The molecule has 0 unspecified atom stereocenters. The number of rotatable bonds is 14. The third-order valence-corrected chi connectivity index (χ3v) is 8.91. The van der Waals surface area contributed by atoms with Crippen molar-refractivity contribution in [2.24, 2.45) is 0 Å². The Kier molecular flexibility index (Phi) is 12.2. The normalized spacial score (nSPS) is 12.8. The Bertz CT molecular complexity index is 1430. The van der Waals surface area contributed by atoms with Crippen molar-refractivity contribution in [2.75, 3.05) is 17.1 Å². The molecule has 9 heteroatoms. The third kappa shape index (κ3) is 9.98. The molecule has 0 fully saturated rings. The highest BCUT2D eigenvalue weighted by Gasteiger charge is 2.31. The van der Waals surface area contributed by atoms with Crippen molar-refractivity contribution in [3.8, 4) is 0 Å². The van der Waals surface area contributed by atoms with E-state index in [1.54, 1.807) is 4.90 Å². The molecule has 7 nitrogen and oxygen atoms in total. The summed E-state index contributed by atoms with van der Waals surface area (Å²) in [6.45, 7) is 8.22. The Labute approximate surface area is 259 Å². The Morgan fingerprint density at radius 3 is 2.12 bits per heavy atom. The van der Waals surface area contributed by atoms with Gasteiger partial charge in [-0.05, 0) is 80.1 Å². The van der Waals surface area contributed by atoms with E-state index in [9.17, 15) is 18.0 Å². The van der Waals surface area contributed by atoms with E-state index in [-0.39, 0.29) is 37.4 Å². The van der Waals surface area contributed by atoms with E-state index in [1.807, 2.05) is 100 Å². The molecule has 0 aliphatic heterocycles. The van der Waals surface area contributed by atoms with Gasteiger partial charge in [-0.2, -0.15) is 0 Å². The first-order valence-electron chi connectivity index (χ1n) is 14.3. The lowest BCUT2D eigenvalue weighted by Crippen LogP contribution is -2.52. The van der Waals surface area contributed by atoms with E-state index in [2.05, 4.69) is 21.2 Å². The van der Waals surface area contributed by atoms with Gasteiger partial charge in [0.15, 0.2) is 0 Å². The van der Waals surface area contributed by atoms with Gasteiger partial charge in [-0.25, -0.2) is 8.42 Å². The lowest BCUT2D eigenvalue weighted by Gasteiger charge is -2.32. The van der Waals surface area contributed by atoms with Crippen molar-refractivity contribution in [3.63, 3.8) is 0 Å². The zero-order valence-electron chi connectivity index (χ0n) is 25.1. The van der Waals surface area contributed by atoms with Crippen molar-refractivity contribution < 1.29 is 18.0 Å². The summed E-state index contributed by atoms with van der Waals surface area (Å²) in [6, 6.07) is 22.3. The van der Waals surface area contributed by atoms with Crippen LogP contribution >= 0.6 is 15.9 Å². The minimum atomic E-state index is -3.57. The van der Waals surface area contributed by atoms with Gasteiger partial charge in [0.2, 0.25) is 21.8 Å². The molecule has 3 aromatic rings. The minimum Gasteiger partial charge on any atom is -0.352 e. The maximum Gasteiger partial charge on any atom is 0.243 e. The number of carbonyl (C=O) groups excluding carboxylic acids is 2. The van der Waals surface area contributed by atoms with Crippen LogP contribution in [0.15, 0.2) is 77.3 Å². The molecule has 0 aromatic heterocycles. The van der Waals surface area contributed by atoms with Crippen LogP contribution in [0.3, 0.4) is 0 Å². The SMILES string of the molecule is CC[C@H](C)NC(=O)[C@@H](Cc1ccccc1)N(Cc1ccc(Br)cc1)C(=O)CCCN(c1cc(C)cc(C)c1)S(C)(=O)=O. The van der Waals surface area contributed by atoms with E-state index in [0.717, 1.165) is 33.1 Å². The van der Waals surface area contributed by atoms with E-state index >= 15 is 0 Å². The summed E-state index contributed by atoms with van der Waals surface area (Å²) in [5, 5.41) is 3.08. The molecule has 0 saturated heterocycles. The number of hydrogen-bond donors (Lipinski definition) is 1. The Balaban J connectivity index is 1.90. The van der Waals surface area contributed by atoms with Crippen molar-refractivity contribution in [2.45, 2.75) is 72.0 Å². The van der Waals surface area contributed by atoms with Crippen LogP contribution in [0.4, 0.5) is 5.69 Å². The number of amides is 2. The van der Waals surface area contributed by atoms with Gasteiger partial charge < -0.3 is 10.2 Å². The summed E-state index contributed by atoms with van der Waals surface area (Å²) >= 11 is 3.47. The first kappa shape index (κ1) is 33.3. The Hall–Kier alpha value is -3.17. The molecular formula is C33H42BrN3O4S. The number of benzene rings is 3. The lowest BCUT2D eigenvalue weighted by atomic mass is 10.0. The molecule has 0 aliphatic rings. The minimum absolute atomic E-state index is 0.0403. The lowest BCUT2D eigenvalue weighted by molar-refractivity contribution is -0.141. The van der Waals surface area contributed by atoms with E-state index in [0.29, 0.717) is 18.5 Å². The first-order valence-corrected chi connectivity index (χ1v) is 17.0. The molecule has 0 heterocycles. The number of aryl methyl sites for hydroxylation is 2. The fourth-order valence-electron chi connectivity index (χ4n) is 4.88. The number of carbonyl (C=O) groups is 2. The predicted octanol–water partition coefficient (Wildman–Crippen LogP) is 6.17. The molecule has 0 spiro atoms. The zero-order chi connectivity index (χ0) is 30.9. The van der Waals surface area contributed by atoms with Crippen molar-refractivity contribution in [1.29, 1.82) is 0 Å². The second-order valence-electron chi connectivity index (χ2n) is 11.0. The van der Waals surface area contributed by atoms with Gasteiger partial charge in [0, 0.05) is 36.4 Å². The zero-order valence-corrected chi connectivity index (χ0v) is 27.5. The Morgan fingerprint density at radius 2 is 1.55 bits per heavy atom. The fraction of sp³-hybridized carbons (Fsp3) is 0.394. The largest absolute Gasteiger partial charge is 0.352 e. The van der Waals surface area contributed by atoms with Crippen molar-refractivity contribution in [1.82, 2.24) is 10.2 Å². The van der Waals surface area contributed by atoms with Gasteiger partial charge in [-0.15, -0.1) is 0 Å². The van der Waals surface area contributed by atoms with Crippen LogP contribution in [0.25, 0.3) is 0 Å². The van der Waals surface area contributed by atoms with Crippen LogP contribution in [0.2, 0.25) is 0 Å². The highest BCUT2D eigenvalue weighted by Crippen LogP contribution is 2.23. The predicted molar refractivity (Wildman–Crippen MR) is 174 cm³/mol. The summed E-state index contributed by atoms with van der Waals surface area (Å²) in [7, 11) is -3.57. The quantitative estimate of drug-likeness (QED) is 0.225. The topological polar surface area (TPSA) is 86.8 Å². The van der Waals surface area contributed by atoms with Gasteiger partial charge in [-0.1, -0.05) is 71.4 Å². The van der Waals surface area contributed by atoms with Gasteiger partial charge in [-0.3, -0.25) is 13.9 Å². The molecule has 0 aliphatic carbocycles. The smallest absolute Gasteiger partial charge is 0.243 e. The van der Waals surface area contributed by atoms with E-state index < -0.39 is 16.1 Å². The number of nitrogens with zero attached hydrogens (tertiary/aromatic N) is 2. The number of sulfonamides is 1. The number of halogens is 1. The number of nitrogens with one attached hydrogen (secondary N) is 1. The second-order valence-corrected chi connectivity index (χ2v) is 13.8. The molecule has 0 bridgehead atoms. The standard InChI is InChI=1S/C33H42BrN3O4S/c1-6-26(4)35-33(39)31(22-27-11-8-7-9-12-27)36(23-28-14-16-29(34)17-15-28)32(38)13-10-18-37(42(5,40)41)30-20-24(2)19-25(3)21-30/h7-9,11-12,14-17,19-21,26,31H,6,10,13,18,22-23H2,1-5H3,(H,35,39)/t26-,31+/m0/s1. The van der Waals surface area contributed by atoms with Crippen LogP contribution in [-0.4, -0.2) is 50.0 Å². The maximum absolute atomic E-state index is 14.0. The fourth-order valence-corrected chi connectivity index (χ4v) is 6.09. The van der Waals surface area contributed by atoms with Crippen LogP contribution in [-0.2, 0) is 32.6 Å². The van der Waals surface area contributed by atoms with Crippen LogP contribution in [0.5, 0.6) is 0 Å². The second kappa shape index (κ2) is 15.3. The van der Waals surface area contributed by atoms with E-state index in [4.69, 9.17) is 0 Å². The van der Waals surface area contributed by atoms with Gasteiger partial charge in [0.1, 0.15) is 6.04 Å². The summed E-state index contributed by atoms with van der Waals surface area (Å²) < 4.78 is 27.8. The average Bonchev–Trinajstić information content (AvgIpc) is 2.93. The molecule has 3 aromatic carbocycles. The summed E-state index contributed by atoms with van der Waals surface area (Å²) in [4.78, 5) is 29.3. The van der Waals surface area contributed by atoms with Gasteiger partial charge >= 0.3 is 0 Å². The number of hydrogen-bond acceptors (Lipinski definition) is 4. The number of anilines is 1. The van der Waals surface area contributed by atoms with E-state index in [1.165, 1.54) is 10.6 Å². The highest BCUT2D eigenvalue weighted by atomic mass is 79.9. The molecule has 1 N–H and O–H groups in total. The molecule has 42 heavy (non-hydrogen) atoms. The molecular weight excluding hydrogens is 614 g/mol. The molecule has 3 rings (SSSR count). The van der Waals surface area contributed by atoms with Crippen LogP contribution in [0.1, 0.15) is 55.4 Å². The molecule has 2 amide bonds. The average molecular weight is 657 g/mol.